The monoisotopic (exact) mass is 378 g/mol. The molecule has 2 bridgehead atoms. The first-order valence-corrected chi connectivity index (χ1v) is 9.96. The lowest BCUT2D eigenvalue weighted by atomic mass is 9.81. The Kier molecular flexibility index (Phi) is 4.45. The molecule has 1 N–H and O–H groups in total. The van der Waals surface area contributed by atoms with Crippen LogP contribution in [0.25, 0.3) is 0 Å². The molecule has 2 aliphatic heterocycles. The molecule has 4 rings (SSSR count). The summed E-state index contributed by atoms with van der Waals surface area (Å²) in [6.07, 6.45) is 3.83. The van der Waals surface area contributed by atoms with Crippen molar-refractivity contribution in [3.8, 4) is 0 Å². The van der Waals surface area contributed by atoms with Crippen molar-refractivity contribution in [3.63, 3.8) is 0 Å². The third kappa shape index (κ3) is 3.02. The third-order valence-corrected chi connectivity index (χ3v) is 6.13. The van der Waals surface area contributed by atoms with Gasteiger partial charge in [-0.1, -0.05) is 0 Å². The summed E-state index contributed by atoms with van der Waals surface area (Å²) in [5.41, 5.74) is -0.198. The van der Waals surface area contributed by atoms with Gasteiger partial charge in [-0.2, -0.15) is 0 Å². The zero-order chi connectivity index (χ0) is 19.4. The lowest BCUT2D eigenvalue weighted by Gasteiger charge is -2.46. The highest BCUT2D eigenvalue weighted by atomic mass is 19.1. The van der Waals surface area contributed by atoms with Gasteiger partial charge in [0.2, 0.25) is 0 Å². The molecule has 1 amide bonds. The molecule has 3 aliphatic rings. The number of carbonyl (C=O) groups is 1. The molecule has 6 heteroatoms. The molecule has 27 heavy (non-hydrogen) atoms. The zero-order valence-electron chi connectivity index (χ0n) is 16.3. The Balaban J connectivity index is 1.81. The van der Waals surface area contributed by atoms with E-state index in [0.29, 0.717) is 49.0 Å². The molecule has 1 aromatic rings. The number of amides is 1. The second-order valence-electron chi connectivity index (χ2n) is 9.09. The Bertz CT molecular complexity index is 770. The number of carbonyl (C=O) groups excluding carboxylic acids is 1. The van der Waals surface area contributed by atoms with Crippen molar-refractivity contribution in [3.05, 3.63) is 34.4 Å². The van der Waals surface area contributed by atoms with Gasteiger partial charge in [0.25, 0.3) is 0 Å². The number of benzene rings is 1. The van der Waals surface area contributed by atoms with E-state index in [1.165, 1.54) is 6.07 Å². The lowest BCUT2D eigenvalue weighted by molar-refractivity contribution is -0.0123. The van der Waals surface area contributed by atoms with Gasteiger partial charge in [0.15, 0.2) is 0 Å². The number of piperazine rings is 1. The van der Waals surface area contributed by atoms with Crippen molar-refractivity contribution >= 4 is 6.09 Å². The van der Waals surface area contributed by atoms with Crippen LogP contribution in [0.3, 0.4) is 0 Å². The minimum atomic E-state index is -0.886. The van der Waals surface area contributed by atoms with Crippen LogP contribution < -0.4 is 5.32 Å². The van der Waals surface area contributed by atoms with Gasteiger partial charge in [-0.3, -0.25) is 4.90 Å². The molecule has 2 unspecified atom stereocenters. The maximum Gasteiger partial charge on any atom is 0.411 e. The van der Waals surface area contributed by atoms with Gasteiger partial charge in [-0.05, 0) is 76.5 Å². The molecule has 4 nitrogen and oxygen atoms in total. The zero-order valence-corrected chi connectivity index (χ0v) is 16.3. The Morgan fingerprint density at radius 1 is 1.26 bits per heavy atom. The van der Waals surface area contributed by atoms with Crippen molar-refractivity contribution in [2.75, 3.05) is 13.1 Å². The van der Waals surface area contributed by atoms with Crippen LogP contribution in [-0.2, 0) is 23.1 Å². The molecule has 1 aromatic carbocycles. The summed E-state index contributed by atoms with van der Waals surface area (Å²) in [6, 6.07) is 1.28. The maximum absolute atomic E-state index is 15.6. The van der Waals surface area contributed by atoms with Crippen LogP contribution in [0.15, 0.2) is 6.07 Å². The fraction of sp³-hybridized carbons (Fsp3) is 0.667. The SMILES string of the molecule is CC(C)(C)OC(=O)N1C2CCC1(c1cc(F)c3c(c1F)CCCC3)CNC2. The summed E-state index contributed by atoms with van der Waals surface area (Å²) >= 11 is 0. The third-order valence-electron chi connectivity index (χ3n) is 6.13. The predicted octanol–water partition coefficient (Wildman–Crippen LogP) is 4.04. The molecule has 0 spiro atoms. The van der Waals surface area contributed by atoms with Crippen LogP contribution in [-0.4, -0.2) is 35.7 Å². The first kappa shape index (κ1) is 18.7. The summed E-state index contributed by atoms with van der Waals surface area (Å²) in [4.78, 5) is 14.7. The number of nitrogens with zero attached hydrogens (tertiary/aromatic N) is 1. The minimum Gasteiger partial charge on any atom is -0.444 e. The van der Waals surface area contributed by atoms with Crippen LogP contribution in [0.2, 0.25) is 0 Å². The predicted molar refractivity (Wildman–Crippen MR) is 98.6 cm³/mol. The van der Waals surface area contributed by atoms with Gasteiger partial charge in [-0.15, -0.1) is 0 Å². The number of fused-ring (bicyclic) bond motifs is 3. The second kappa shape index (κ2) is 6.43. The molecule has 2 heterocycles. The van der Waals surface area contributed by atoms with Crippen LogP contribution in [0.4, 0.5) is 13.6 Å². The normalized spacial score (nSPS) is 27.4. The van der Waals surface area contributed by atoms with Crippen LogP contribution in [0.1, 0.15) is 63.1 Å². The van der Waals surface area contributed by atoms with Gasteiger partial charge >= 0.3 is 6.09 Å². The summed E-state index contributed by atoms with van der Waals surface area (Å²) in [5.74, 6) is -0.669. The van der Waals surface area contributed by atoms with E-state index in [4.69, 9.17) is 4.74 Å². The second-order valence-corrected chi connectivity index (χ2v) is 9.09. The molecular formula is C21H28F2N2O2. The van der Waals surface area contributed by atoms with Crippen molar-refractivity contribution in [1.82, 2.24) is 10.2 Å². The largest absolute Gasteiger partial charge is 0.444 e. The van der Waals surface area contributed by atoms with E-state index in [-0.39, 0.29) is 17.7 Å². The molecule has 2 saturated heterocycles. The number of hydrogen-bond donors (Lipinski definition) is 1. The maximum atomic E-state index is 15.6. The Labute approximate surface area is 159 Å². The molecule has 0 saturated carbocycles. The Morgan fingerprint density at radius 3 is 2.67 bits per heavy atom. The molecule has 0 radical (unpaired) electrons. The quantitative estimate of drug-likeness (QED) is 0.802. The fourth-order valence-electron chi connectivity index (χ4n) is 5.00. The van der Waals surface area contributed by atoms with Crippen molar-refractivity contribution in [2.24, 2.45) is 0 Å². The van der Waals surface area contributed by atoms with Gasteiger partial charge in [-0.25, -0.2) is 13.6 Å². The topological polar surface area (TPSA) is 41.6 Å². The Hall–Kier alpha value is -1.69. The first-order valence-electron chi connectivity index (χ1n) is 9.96. The van der Waals surface area contributed by atoms with Gasteiger partial charge in [0.1, 0.15) is 17.2 Å². The number of ether oxygens (including phenoxy) is 1. The van der Waals surface area contributed by atoms with Crippen LogP contribution >= 0.6 is 0 Å². The number of hydrogen-bond acceptors (Lipinski definition) is 3. The summed E-state index contributed by atoms with van der Waals surface area (Å²) in [6.45, 7) is 6.52. The molecular weight excluding hydrogens is 350 g/mol. The minimum absolute atomic E-state index is 0.0629. The Morgan fingerprint density at radius 2 is 1.96 bits per heavy atom. The van der Waals surface area contributed by atoms with E-state index in [0.717, 1.165) is 19.3 Å². The van der Waals surface area contributed by atoms with E-state index < -0.39 is 17.2 Å². The molecule has 2 fully saturated rings. The summed E-state index contributed by atoms with van der Waals surface area (Å²) in [5, 5.41) is 3.32. The molecule has 148 valence electrons. The summed E-state index contributed by atoms with van der Waals surface area (Å²) < 4.78 is 36.1. The van der Waals surface area contributed by atoms with Crippen molar-refractivity contribution < 1.29 is 18.3 Å². The fourth-order valence-corrected chi connectivity index (χ4v) is 5.00. The molecule has 1 aliphatic carbocycles. The van der Waals surface area contributed by atoms with E-state index in [9.17, 15) is 9.18 Å². The highest BCUT2D eigenvalue weighted by molar-refractivity contribution is 5.71. The van der Waals surface area contributed by atoms with Crippen LogP contribution in [0, 0.1) is 11.6 Å². The average Bonchev–Trinajstić information content (AvgIpc) is 2.84. The van der Waals surface area contributed by atoms with Gasteiger partial charge in [0, 0.05) is 24.7 Å². The number of rotatable bonds is 1. The highest BCUT2D eigenvalue weighted by Crippen LogP contribution is 2.47. The smallest absolute Gasteiger partial charge is 0.411 e. The number of halogens is 2. The van der Waals surface area contributed by atoms with E-state index in [1.54, 1.807) is 4.90 Å². The van der Waals surface area contributed by atoms with Gasteiger partial charge < -0.3 is 10.1 Å². The highest BCUT2D eigenvalue weighted by Gasteiger charge is 2.55. The standard InChI is InChI=1S/C21H28F2N2O2/c1-20(2,3)27-19(26)25-13-8-9-21(25,12-24-11-13)16-10-17(22)14-6-4-5-7-15(14)18(16)23/h10,13,24H,4-9,11-12H2,1-3H3. The van der Waals surface area contributed by atoms with Crippen molar-refractivity contribution in [2.45, 2.75) is 76.5 Å². The molecule has 0 aromatic heterocycles. The van der Waals surface area contributed by atoms with Gasteiger partial charge in [0.05, 0.1) is 5.54 Å². The molecule has 2 atom stereocenters. The number of nitrogens with one attached hydrogen (secondary N) is 1. The van der Waals surface area contributed by atoms with E-state index >= 15 is 4.39 Å². The lowest BCUT2D eigenvalue weighted by Crippen LogP contribution is -2.61. The van der Waals surface area contributed by atoms with Crippen molar-refractivity contribution in [1.29, 1.82) is 0 Å². The van der Waals surface area contributed by atoms with E-state index in [1.807, 2.05) is 20.8 Å². The average molecular weight is 378 g/mol. The first-order chi connectivity index (χ1) is 12.7. The van der Waals surface area contributed by atoms with E-state index in [2.05, 4.69) is 5.32 Å². The summed E-state index contributed by atoms with van der Waals surface area (Å²) in [7, 11) is 0. The van der Waals surface area contributed by atoms with Crippen LogP contribution in [0.5, 0.6) is 0 Å².